The van der Waals surface area contributed by atoms with E-state index in [4.69, 9.17) is 0 Å². The first-order valence-electron chi connectivity index (χ1n) is 10.7. The number of hydrogen-bond donors (Lipinski definition) is 1. The minimum absolute atomic E-state index is 0.0344. The Morgan fingerprint density at radius 3 is 2.34 bits per heavy atom. The van der Waals surface area contributed by atoms with Crippen LogP contribution < -0.4 is 0 Å². The molecule has 2 fully saturated rings. The van der Waals surface area contributed by atoms with E-state index >= 15 is 0 Å². The SMILES string of the molecule is O=C(C1CC12CCCc1ccccc12)N1CCC(C(=O)O)(c2ccccc2)CC1. The second kappa shape index (κ2) is 6.72. The average Bonchev–Trinajstić information content (AvgIpc) is 3.48. The van der Waals surface area contributed by atoms with Crippen LogP contribution in [0.2, 0.25) is 0 Å². The number of fused-ring (bicyclic) bond motifs is 2. The molecule has 2 atom stereocenters. The zero-order valence-corrected chi connectivity index (χ0v) is 16.6. The quantitative estimate of drug-likeness (QED) is 0.865. The molecular weight excluding hydrogens is 362 g/mol. The van der Waals surface area contributed by atoms with Crippen molar-refractivity contribution in [2.75, 3.05) is 13.1 Å². The van der Waals surface area contributed by atoms with Crippen molar-refractivity contribution in [2.45, 2.75) is 49.4 Å². The minimum Gasteiger partial charge on any atom is -0.481 e. The van der Waals surface area contributed by atoms with Gasteiger partial charge in [0.15, 0.2) is 0 Å². The van der Waals surface area contributed by atoms with E-state index in [1.165, 1.54) is 11.1 Å². The second-order valence-electron chi connectivity index (χ2n) is 9.00. The van der Waals surface area contributed by atoms with Crippen molar-refractivity contribution in [3.8, 4) is 0 Å². The number of benzene rings is 2. The molecule has 1 saturated carbocycles. The fraction of sp³-hybridized carbons (Fsp3) is 0.440. The summed E-state index contributed by atoms with van der Waals surface area (Å²) < 4.78 is 0. The first-order chi connectivity index (χ1) is 14.1. The highest BCUT2D eigenvalue weighted by atomic mass is 16.4. The first-order valence-corrected chi connectivity index (χ1v) is 10.7. The van der Waals surface area contributed by atoms with Crippen molar-refractivity contribution in [3.63, 3.8) is 0 Å². The zero-order chi connectivity index (χ0) is 20.1. The number of aryl methyl sites for hydroxylation is 1. The predicted molar refractivity (Wildman–Crippen MR) is 111 cm³/mol. The normalized spacial score (nSPS) is 27.3. The minimum atomic E-state index is -0.878. The van der Waals surface area contributed by atoms with Gasteiger partial charge in [0, 0.05) is 24.4 Å². The summed E-state index contributed by atoms with van der Waals surface area (Å²) in [6, 6.07) is 18.1. The average molecular weight is 389 g/mol. The Morgan fingerprint density at radius 1 is 0.931 bits per heavy atom. The summed E-state index contributed by atoms with van der Waals surface area (Å²) in [5, 5.41) is 9.99. The van der Waals surface area contributed by atoms with Crippen LogP contribution in [0.4, 0.5) is 0 Å². The molecule has 5 rings (SSSR count). The van der Waals surface area contributed by atoms with Gasteiger partial charge in [0.25, 0.3) is 0 Å². The van der Waals surface area contributed by atoms with Crippen molar-refractivity contribution >= 4 is 11.9 Å². The van der Waals surface area contributed by atoms with Gasteiger partial charge in [0.05, 0.1) is 5.41 Å². The van der Waals surface area contributed by atoms with E-state index in [0.717, 1.165) is 31.2 Å². The molecule has 2 aliphatic carbocycles. The molecule has 1 amide bonds. The van der Waals surface area contributed by atoms with Gasteiger partial charge in [-0.25, -0.2) is 0 Å². The third-order valence-electron chi connectivity index (χ3n) is 7.66. The Morgan fingerprint density at radius 2 is 1.62 bits per heavy atom. The molecule has 2 unspecified atom stereocenters. The fourth-order valence-corrected chi connectivity index (χ4v) is 5.87. The monoisotopic (exact) mass is 389 g/mol. The van der Waals surface area contributed by atoms with Crippen LogP contribution in [0, 0.1) is 5.92 Å². The lowest BCUT2D eigenvalue weighted by Crippen LogP contribution is -2.49. The van der Waals surface area contributed by atoms with Crippen molar-refractivity contribution in [1.29, 1.82) is 0 Å². The highest BCUT2D eigenvalue weighted by molar-refractivity contribution is 5.86. The molecule has 1 heterocycles. The summed E-state index contributed by atoms with van der Waals surface area (Å²) in [6.07, 6.45) is 5.26. The van der Waals surface area contributed by atoms with Gasteiger partial charge < -0.3 is 10.0 Å². The number of rotatable bonds is 3. The van der Waals surface area contributed by atoms with Crippen LogP contribution in [-0.4, -0.2) is 35.0 Å². The molecule has 4 heteroatoms. The van der Waals surface area contributed by atoms with Gasteiger partial charge in [-0.3, -0.25) is 9.59 Å². The van der Waals surface area contributed by atoms with Gasteiger partial charge in [-0.15, -0.1) is 0 Å². The molecule has 4 nitrogen and oxygen atoms in total. The maximum Gasteiger partial charge on any atom is 0.314 e. The number of piperidine rings is 1. The molecule has 0 bridgehead atoms. The van der Waals surface area contributed by atoms with Crippen LogP contribution in [0.1, 0.15) is 48.8 Å². The number of carboxylic acids is 1. The summed E-state index contributed by atoms with van der Waals surface area (Å²) in [5.74, 6) is -0.480. The number of nitrogens with zero attached hydrogens (tertiary/aromatic N) is 1. The van der Waals surface area contributed by atoms with Gasteiger partial charge in [-0.2, -0.15) is 0 Å². The van der Waals surface area contributed by atoms with E-state index in [9.17, 15) is 14.7 Å². The summed E-state index contributed by atoms with van der Waals surface area (Å²) in [4.78, 5) is 27.4. The maximum atomic E-state index is 13.3. The van der Waals surface area contributed by atoms with E-state index in [-0.39, 0.29) is 17.2 Å². The molecule has 1 aliphatic heterocycles. The molecule has 0 radical (unpaired) electrons. The lowest BCUT2D eigenvalue weighted by Gasteiger charge is -2.39. The smallest absolute Gasteiger partial charge is 0.314 e. The zero-order valence-electron chi connectivity index (χ0n) is 16.6. The largest absolute Gasteiger partial charge is 0.481 e. The third kappa shape index (κ3) is 2.80. The fourth-order valence-electron chi connectivity index (χ4n) is 5.87. The molecule has 3 aliphatic rings. The highest BCUT2D eigenvalue weighted by Gasteiger charge is 2.61. The Labute approximate surface area is 171 Å². The van der Waals surface area contributed by atoms with Crippen molar-refractivity contribution in [1.82, 2.24) is 4.90 Å². The van der Waals surface area contributed by atoms with Crippen LogP contribution in [0.25, 0.3) is 0 Å². The molecule has 2 aromatic rings. The standard InChI is InChI=1S/C25H27NO3/c27-22(21-17-25(21)12-6-8-18-7-4-5-11-20(18)25)26-15-13-24(14-16-26,23(28)29)19-9-2-1-3-10-19/h1-5,7,9-11,21H,6,8,12-17H2,(H,28,29). The number of carboxylic acid groups (broad SMARTS) is 1. The summed E-state index contributed by atoms with van der Waals surface area (Å²) >= 11 is 0. The molecule has 0 aromatic heterocycles. The van der Waals surface area contributed by atoms with Crippen LogP contribution >= 0.6 is 0 Å². The molecule has 29 heavy (non-hydrogen) atoms. The van der Waals surface area contributed by atoms with Gasteiger partial charge in [-0.1, -0.05) is 54.6 Å². The first kappa shape index (κ1) is 18.4. The molecule has 1 N–H and O–H groups in total. The third-order valence-corrected chi connectivity index (χ3v) is 7.66. The number of carbonyl (C=O) groups excluding carboxylic acids is 1. The topological polar surface area (TPSA) is 57.6 Å². The Hall–Kier alpha value is -2.62. The van der Waals surface area contributed by atoms with Crippen LogP contribution in [0.15, 0.2) is 54.6 Å². The lowest BCUT2D eigenvalue weighted by molar-refractivity contribution is -0.148. The molecular formula is C25H27NO3. The summed E-state index contributed by atoms with van der Waals surface area (Å²) in [6.45, 7) is 1.04. The van der Waals surface area contributed by atoms with Crippen molar-refractivity contribution < 1.29 is 14.7 Å². The van der Waals surface area contributed by atoms with Crippen LogP contribution in [-0.2, 0) is 26.8 Å². The molecule has 1 spiro atoms. The second-order valence-corrected chi connectivity index (χ2v) is 9.00. The summed E-state index contributed by atoms with van der Waals surface area (Å²) in [5.41, 5.74) is 2.79. The number of carbonyl (C=O) groups is 2. The Bertz CT molecular complexity index is 946. The maximum absolute atomic E-state index is 13.3. The predicted octanol–water partition coefficient (Wildman–Crippen LogP) is 3.93. The molecule has 1 saturated heterocycles. The van der Waals surface area contributed by atoms with Gasteiger partial charge >= 0.3 is 5.97 Å². The van der Waals surface area contributed by atoms with Crippen LogP contribution in [0.3, 0.4) is 0 Å². The number of aliphatic carboxylic acids is 1. The van der Waals surface area contributed by atoms with Crippen LogP contribution in [0.5, 0.6) is 0 Å². The van der Waals surface area contributed by atoms with E-state index in [1.54, 1.807) is 0 Å². The Kier molecular flexibility index (Phi) is 4.27. The number of hydrogen-bond acceptors (Lipinski definition) is 2. The van der Waals surface area contributed by atoms with Gasteiger partial charge in [0.1, 0.15) is 0 Å². The molecule has 150 valence electrons. The number of likely N-dealkylation sites (tertiary alicyclic amines) is 1. The van der Waals surface area contributed by atoms with E-state index < -0.39 is 11.4 Å². The van der Waals surface area contributed by atoms with Gasteiger partial charge in [-0.05, 0) is 55.2 Å². The van der Waals surface area contributed by atoms with E-state index in [2.05, 4.69) is 24.3 Å². The Balaban J connectivity index is 1.33. The van der Waals surface area contributed by atoms with Gasteiger partial charge in [0.2, 0.25) is 5.91 Å². The van der Waals surface area contributed by atoms with E-state index in [0.29, 0.717) is 25.9 Å². The highest BCUT2D eigenvalue weighted by Crippen LogP contribution is 2.61. The van der Waals surface area contributed by atoms with E-state index in [1.807, 2.05) is 35.2 Å². The lowest BCUT2D eigenvalue weighted by atomic mass is 9.72. The van der Waals surface area contributed by atoms with Crippen molar-refractivity contribution in [2.24, 2.45) is 5.92 Å². The summed E-state index contributed by atoms with van der Waals surface area (Å²) in [7, 11) is 0. The van der Waals surface area contributed by atoms with Crippen molar-refractivity contribution in [3.05, 3.63) is 71.3 Å². The number of amides is 1. The molecule has 2 aromatic carbocycles.